The van der Waals surface area contributed by atoms with Crippen molar-refractivity contribution in [1.82, 2.24) is 0 Å². The van der Waals surface area contributed by atoms with Gasteiger partial charge in [-0.05, 0) is 47.1 Å². The van der Waals surface area contributed by atoms with Gasteiger partial charge in [0, 0.05) is 12.1 Å². The van der Waals surface area contributed by atoms with Crippen molar-refractivity contribution in [3.8, 4) is 0 Å². The molecule has 7 heteroatoms. The fraction of sp³-hybridized carbons (Fsp3) is 0.0714. The van der Waals surface area contributed by atoms with E-state index in [0.29, 0.717) is 21.7 Å². The molecule has 1 aromatic heterocycles. The summed E-state index contributed by atoms with van der Waals surface area (Å²) in [6.45, 7) is 1.58. The van der Waals surface area contributed by atoms with Gasteiger partial charge in [-0.25, -0.2) is 0 Å². The summed E-state index contributed by atoms with van der Waals surface area (Å²) in [6, 6.07) is 7.93. The van der Waals surface area contributed by atoms with Crippen molar-refractivity contribution < 1.29 is 14.1 Å². The molecule has 0 saturated carbocycles. The molecular formula is C14H11BrN2O4. The Balaban J connectivity index is 2.11. The van der Waals surface area contributed by atoms with E-state index in [1.807, 2.05) is 0 Å². The third-order valence-electron chi connectivity index (χ3n) is 2.75. The van der Waals surface area contributed by atoms with E-state index in [1.165, 1.54) is 24.3 Å². The monoisotopic (exact) mass is 350 g/mol. The molecule has 1 heterocycles. The van der Waals surface area contributed by atoms with Crippen LogP contribution in [0.3, 0.4) is 0 Å². The number of carbonyl (C=O) groups excluding carboxylic acids is 1. The molecule has 1 amide bonds. The number of nitrogens with zero attached hydrogens (tertiary/aromatic N) is 1. The van der Waals surface area contributed by atoms with E-state index >= 15 is 0 Å². The van der Waals surface area contributed by atoms with Crippen molar-refractivity contribution in [2.24, 2.45) is 0 Å². The molecule has 21 heavy (non-hydrogen) atoms. The first-order valence-electron chi connectivity index (χ1n) is 5.96. The summed E-state index contributed by atoms with van der Waals surface area (Å²) in [5, 5.41) is 13.4. The minimum absolute atomic E-state index is 0.0354. The summed E-state index contributed by atoms with van der Waals surface area (Å²) in [5.74, 6) is 0.124. The third-order valence-corrected chi connectivity index (χ3v) is 3.18. The highest BCUT2D eigenvalue weighted by atomic mass is 79.9. The second kappa shape index (κ2) is 6.36. The van der Waals surface area contributed by atoms with Crippen LogP contribution in [0.5, 0.6) is 0 Å². The Morgan fingerprint density at radius 1 is 1.38 bits per heavy atom. The fourth-order valence-electron chi connectivity index (χ4n) is 1.71. The van der Waals surface area contributed by atoms with Gasteiger partial charge in [0.05, 0.1) is 16.2 Å². The molecule has 2 aromatic rings. The number of nitro groups is 1. The molecule has 2 rings (SSSR count). The van der Waals surface area contributed by atoms with Crippen LogP contribution in [-0.4, -0.2) is 10.8 Å². The van der Waals surface area contributed by atoms with Crippen molar-refractivity contribution >= 4 is 39.3 Å². The number of hydrogen-bond donors (Lipinski definition) is 1. The molecule has 0 saturated heterocycles. The van der Waals surface area contributed by atoms with E-state index < -0.39 is 10.8 Å². The van der Waals surface area contributed by atoms with E-state index in [9.17, 15) is 14.9 Å². The second-order valence-electron chi connectivity index (χ2n) is 4.17. The quantitative estimate of drug-likeness (QED) is 0.514. The average Bonchev–Trinajstić information content (AvgIpc) is 2.84. The number of carbonyl (C=O) groups is 1. The third kappa shape index (κ3) is 3.79. The van der Waals surface area contributed by atoms with Gasteiger partial charge in [0.2, 0.25) is 5.91 Å². The second-order valence-corrected chi connectivity index (χ2v) is 4.95. The maximum Gasteiger partial charge on any atom is 0.274 e. The zero-order valence-electron chi connectivity index (χ0n) is 11.0. The largest absolute Gasteiger partial charge is 0.450 e. The topological polar surface area (TPSA) is 85.4 Å². The first kappa shape index (κ1) is 15.0. The fourth-order valence-corrected chi connectivity index (χ4v) is 2.03. The molecule has 1 N–H and O–H groups in total. The number of halogens is 1. The van der Waals surface area contributed by atoms with Gasteiger partial charge < -0.3 is 9.73 Å². The van der Waals surface area contributed by atoms with Gasteiger partial charge in [0.25, 0.3) is 5.69 Å². The van der Waals surface area contributed by atoms with Crippen LogP contribution in [0.25, 0.3) is 6.08 Å². The number of rotatable bonds is 4. The zero-order chi connectivity index (χ0) is 15.4. The van der Waals surface area contributed by atoms with Gasteiger partial charge in [0.1, 0.15) is 5.76 Å². The minimum atomic E-state index is -0.485. The van der Waals surface area contributed by atoms with Crippen LogP contribution in [0.4, 0.5) is 11.4 Å². The van der Waals surface area contributed by atoms with Gasteiger partial charge in [-0.15, -0.1) is 0 Å². The molecule has 0 unspecified atom stereocenters. The van der Waals surface area contributed by atoms with Gasteiger partial charge >= 0.3 is 0 Å². The first-order chi connectivity index (χ1) is 9.97. The minimum Gasteiger partial charge on any atom is -0.450 e. The Bertz CT molecular complexity index is 722. The Kier molecular flexibility index (Phi) is 4.54. The molecule has 0 bridgehead atoms. The van der Waals surface area contributed by atoms with Gasteiger partial charge in [-0.3, -0.25) is 14.9 Å². The van der Waals surface area contributed by atoms with Gasteiger partial charge in [-0.1, -0.05) is 6.07 Å². The summed E-state index contributed by atoms with van der Waals surface area (Å²) in [4.78, 5) is 22.2. The molecule has 0 fully saturated rings. The van der Waals surface area contributed by atoms with Crippen LogP contribution in [0.1, 0.15) is 11.3 Å². The van der Waals surface area contributed by atoms with Crippen molar-refractivity contribution in [1.29, 1.82) is 0 Å². The van der Waals surface area contributed by atoms with E-state index in [-0.39, 0.29) is 5.69 Å². The summed E-state index contributed by atoms with van der Waals surface area (Å²) < 4.78 is 5.79. The number of anilines is 1. The maximum atomic E-state index is 11.8. The van der Waals surface area contributed by atoms with Crippen LogP contribution >= 0.6 is 15.9 Å². The van der Waals surface area contributed by atoms with Crippen molar-refractivity contribution in [2.45, 2.75) is 6.92 Å². The number of nitrogens with one attached hydrogen (secondary N) is 1. The summed E-state index contributed by atoms with van der Waals surface area (Å²) >= 11 is 3.16. The number of hydrogen-bond acceptors (Lipinski definition) is 4. The number of amides is 1. The van der Waals surface area contributed by atoms with E-state index in [0.717, 1.165) is 0 Å². The lowest BCUT2D eigenvalue weighted by Crippen LogP contribution is -2.09. The molecule has 0 aliphatic rings. The smallest absolute Gasteiger partial charge is 0.274 e. The van der Waals surface area contributed by atoms with Crippen LogP contribution in [0.15, 0.2) is 45.5 Å². The lowest BCUT2D eigenvalue weighted by molar-refractivity contribution is -0.385. The number of furan rings is 1. The van der Waals surface area contributed by atoms with Crippen molar-refractivity contribution in [2.75, 3.05) is 5.32 Å². The van der Waals surface area contributed by atoms with Crippen molar-refractivity contribution in [3.63, 3.8) is 0 Å². The maximum absolute atomic E-state index is 11.8. The molecule has 1 aromatic carbocycles. The van der Waals surface area contributed by atoms with E-state index in [4.69, 9.17) is 4.42 Å². The number of benzene rings is 1. The van der Waals surface area contributed by atoms with Crippen LogP contribution in [0, 0.1) is 17.0 Å². The number of nitro benzene ring substituents is 1. The van der Waals surface area contributed by atoms with E-state index in [2.05, 4.69) is 21.2 Å². The molecule has 0 aliphatic heterocycles. The average molecular weight is 351 g/mol. The highest BCUT2D eigenvalue weighted by Crippen LogP contribution is 2.25. The lowest BCUT2D eigenvalue weighted by Gasteiger charge is -2.06. The Hall–Kier alpha value is -2.41. The molecular weight excluding hydrogens is 340 g/mol. The van der Waals surface area contributed by atoms with Crippen LogP contribution in [0.2, 0.25) is 0 Å². The normalized spacial score (nSPS) is 10.8. The molecule has 0 radical (unpaired) electrons. The first-order valence-corrected chi connectivity index (χ1v) is 6.75. The molecule has 0 aliphatic carbocycles. The Labute approximate surface area is 128 Å². The van der Waals surface area contributed by atoms with Crippen LogP contribution < -0.4 is 5.32 Å². The summed E-state index contributed by atoms with van der Waals surface area (Å²) in [7, 11) is 0. The molecule has 6 nitrogen and oxygen atoms in total. The Morgan fingerprint density at radius 3 is 2.76 bits per heavy atom. The predicted molar refractivity (Wildman–Crippen MR) is 81.9 cm³/mol. The summed E-state index contributed by atoms with van der Waals surface area (Å²) in [6.07, 6.45) is 2.80. The molecule has 0 atom stereocenters. The SMILES string of the molecule is Cc1c(NC(=O)/C=C/c2ccc(Br)o2)cccc1[N+](=O)[O-]. The lowest BCUT2D eigenvalue weighted by atomic mass is 10.1. The van der Waals surface area contributed by atoms with Crippen molar-refractivity contribution in [3.05, 3.63) is 62.5 Å². The standard InChI is InChI=1S/C14H11BrN2O4/c1-9-11(3-2-4-12(9)17(19)20)16-14(18)8-6-10-5-7-13(15)21-10/h2-8H,1H3,(H,16,18)/b8-6+. The van der Waals surface area contributed by atoms with Gasteiger partial charge in [-0.2, -0.15) is 0 Å². The predicted octanol–water partition coefficient (Wildman–Crippen LogP) is 3.91. The zero-order valence-corrected chi connectivity index (χ0v) is 12.6. The van der Waals surface area contributed by atoms with Crippen LogP contribution in [-0.2, 0) is 4.79 Å². The Morgan fingerprint density at radius 2 is 2.14 bits per heavy atom. The highest BCUT2D eigenvalue weighted by Gasteiger charge is 2.13. The molecule has 108 valence electrons. The molecule has 0 spiro atoms. The summed E-state index contributed by atoms with van der Waals surface area (Å²) in [5.41, 5.74) is 0.774. The highest BCUT2D eigenvalue weighted by molar-refractivity contribution is 9.10. The van der Waals surface area contributed by atoms with Gasteiger partial charge in [0.15, 0.2) is 4.67 Å². The van der Waals surface area contributed by atoms with E-state index in [1.54, 1.807) is 25.1 Å².